The van der Waals surface area contributed by atoms with Crippen LogP contribution in [0.2, 0.25) is 0 Å². The van der Waals surface area contributed by atoms with E-state index in [9.17, 15) is 4.79 Å². The highest BCUT2D eigenvalue weighted by Gasteiger charge is 2.24. The second-order valence-electron chi connectivity index (χ2n) is 7.71. The third-order valence-electron chi connectivity index (χ3n) is 5.72. The minimum atomic E-state index is -0.0224. The molecule has 0 bridgehead atoms. The Bertz CT molecular complexity index is 778. The SMILES string of the molecule is O=c1ccc(-c2ccncc2)nn1CC1CCN(CC2CCCCO2)CC1. The normalized spacial score (nSPS) is 22.0. The first-order chi connectivity index (χ1) is 13.3. The summed E-state index contributed by atoms with van der Waals surface area (Å²) in [6, 6.07) is 7.26. The molecule has 2 aromatic rings. The van der Waals surface area contributed by atoms with Gasteiger partial charge in [0, 0.05) is 43.7 Å². The van der Waals surface area contributed by atoms with E-state index in [1.807, 2.05) is 12.1 Å². The Morgan fingerprint density at radius 2 is 1.81 bits per heavy atom. The molecule has 2 saturated heterocycles. The molecule has 0 spiro atoms. The highest BCUT2D eigenvalue weighted by atomic mass is 16.5. The molecule has 6 nitrogen and oxygen atoms in total. The molecule has 4 rings (SSSR count). The Hall–Kier alpha value is -2.05. The van der Waals surface area contributed by atoms with E-state index in [1.165, 1.54) is 19.3 Å². The maximum atomic E-state index is 12.3. The molecule has 2 aliphatic rings. The quantitative estimate of drug-likeness (QED) is 0.812. The maximum absolute atomic E-state index is 12.3. The van der Waals surface area contributed by atoms with Gasteiger partial charge in [-0.25, -0.2) is 4.68 Å². The number of piperidine rings is 1. The second kappa shape index (κ2) is 8.76. The average Bonchev–Trinajstić information content (AvgIpc) is 2.72. The van der Waals surface area contributed by atoms with Gasteiger partial charge in [0.05, 0.1) is 11.8 Å². The van der Waals surface area contributed by atoms with Crippen molar-refractivity contribution in [2.24, 2.45) is 5.92 Å². The van der Waals surface area contributed by atoms with E-state index in [2.05, 4.69) is 15.0 Å². The zero-order chi connectivity index (χ0) is 18.5. The zero-order valence-corrected chi connectivity index (χ0v) is 15.8. The summed E-state index contributed by atoms with van der Waals surface area (Å²) in [7, 11) is 0. The third-order valence-corrected chi connectivity index (χ3v) is 5.72. The van der Waals surface area contributed by atoms with Crippen molar-refractivity contribution in [3.63, 3.8) is 0 Å². The van der Waals surface area contributed by atoms with Crippen molar-refractivity contribution in [3.8, 4) is 11.3 Å². The standard InChI is InChI=1S/C21H28N4O2/c26-21-5-4-20(18-6-10-22-11-7-18)23-25(21)15-17-8-12-24(13-9-17)16-19-3-1-2-14-27-19/h4-7,10-11,17,19H,1-3,8-9,12-16H2. The van der Waals surface area contributed by atoms with Crippen LogP contribution in [0.1, 0.15) is 32.1 Å². The molecular weight excluding hydrogens is 340 g/mol. The fourth-order valence-corrected chi connectivity index (χ4v) is 4.09. The van der Waals surface area contributed by atoms with Crippen LogP contribution < -0.4 is 5.56 Å². The van der Waals surface area contributed by atoms with Crippen molar-refractivity contribution in [2.75, 3.05) is 26.2 Å². The van der Waals surface area contributed by atoms with Crippen LogP contribution in [-0.2, 0) is 11.3 Å². The zero-order valence-electron chi connectivity index (χ0n) is 15.8. The molecular formula is C21H28N4O2. The largest absolute Gasteiger partial charge is 0.377 e. The average molecular weight is 368 g/mol. The minimum Gasteiger partial charge on any atom is -0.377 e. The summed E-state index contributed by atoms with van der Waals surface area (Å²) < 4.78 is 7.51. The summed E-state index contributed by atoms with van der Waals surface area (Å²) in [5, 5.41) is 4.59. The number of rotatable bonds is 5. The number of hydrogen-bond acceptors (Lipinski definition) is 5. The molecule has 0 amide bonds. The van der Waals surface area contributed by atoms with E-state index < -0.39 is 0 Å². The highest BCUT2D eigenvalue weighted by molar-refractivity contribution is 5.56. The molecule has 0 saturated carbocycles. The Morgan fingerprint density at radius 1 is 1.00 bits per heavy atom. The number of hydrogen-bond donors (Lipinski definition) is 0. The van der Waals surface area contributed by atoms with Crippen LogP contribution in [0.5, 0.6) is 0 Å². The van der Waals surface area contributed by atoms with Gasteiger partial charge in [0.1, 0.15) is 0 Å². The Kier molecular flexibility index (Phi) is 5.94. The van der Waals surface area contributed by atoms with E-state index in [0.717, 1.165) is 50.3 Å². The van der Waals surface area contributed by atoms with Crippen LogP contribution in [0.25, 0.3) is 11.3 Å². The topological polar surface area (TPSA) is 60.2 Å². The lowest BCUT2D eigenvalue weighted by molar-refractivity contribution is -0.0118. The molecule has 0 N–H and O–H groups in total. The van der Waals surface area contributed by atoms with Crippen LogP contribution in [-0.4, -0.2) is 52.0 Å². The monoisotopic (exact) mass is 368 g/mol. The lowest BCUT2D eigenvalue weighted by Gasteiger charge is -2.35. The van der Waals surface area contributed by atoms with Crippen LogP contribution in [0.15, 0.2) is 41.5 Å². The predicted octanol–water partition coefficient (Wildman–Crippen LogP) is 2.59. The van der Waals surface area contributed by atoms with Crippen molar-refractivity contribution in [1.82, 2.24) is 19.7 Å². The van der Waals surface area contributed by atoms with Crippen molar-refractivity contribution < 1.29 is 4.74 Å². The van der Waals surface area contributed by atoms with Gasteiger partial charge in [0.2, 0.25) is 0 Å². The molecule has 1 atom stereocenters. The predicted molar refractivity (Wildman–Crippen MR) is 104 cm³/mol. The second-order valence-corrected chi connectivity index (χ2v) is 7.71. The molecule has 1 unspecified atom stereocenters. The summed E-state index contributed by atoms with van der Waals surface area (Å²) in [6.07, 6.45) is 9.83. The summed E-state index contributed by atoms with van der Waals surface area (Å²) in [6.45, 7) is 4.85. The molecule has 0 aromatic carbocycles. The summed E-state index contributed by atoms with van der Waals surface area (Å²) in [5.41, 5.74) is 1.79. The van der Waals surface area contributed by atoms with Crippen LogP contribution in [0.3, 0.4) is 0 Å². The number of likely N-dealkylation sites (tertiary alicyclic amines) is 1. The van der Waals surface area contributed by atoms with E-state index in [-0.39, 0.29) is 5.56 Å². The van der Waals surface area contributed by atoms with Gasteiger partial charge in [-0.3, -0.25) is 9.78 Å². The Morgan fingerprint density at radius 3 is 2.56 bits per heavy atom. The van der Waals surface area contributed by atoms with Gasteiger partial charge in [-0.1, -0.05) is 0 Å². The smallest absolute Gasteiger partial charge is 0.266 e. The van der Waals surface area contributed by atoms with Crippen LogP contribution in [0.4, 0.5) is 0 Å². The van der Waals surface area contributed by atoms with Crippen molar-refractivity contribution in [1.29, 1.82) is 0 Å². The van der Waals surface area contributed by atoms with Gasteiger partial charge in [0.25, 0.3) is 5.56 Å². The molecule has 0 radical (unpaired) electrons. The summed E-state index contributed by atoms with van der Waals surface area (Å²) >= 11 is 0. The molecule has 27 heavy (non-hydrogen) atoms. The molecule has 2 fully saturated rings. The minimum absolute atomic E-state index is 0.0224. The molecule has 0 aliphatic carbocycles. The number of nitrogens with zero attached hydrogens (tertiary/aromatic N) is 4. The van der Waals surface area contributed by atoms with Gasteiger partial charge in [-0.15, -0.1) is 0 Å². The maximum Gasteiger partial charge on any atom is 0.266 e. The van der Waals surface area contributed by atoms with Gasteiger partial charge in [-0.05, 0) is 69.3 Å². The first-order valence-corrected chi connectivity index (χ1v) is 10.1. The van der Waals surface area contributed by atoms with Gasteiger partial charge < -0.3 is 9.64 Å². The van der Waals surface area contributed by atoms with Crippen molar-refractivity contribution >= 4 is 0 Å². The highest BCUT2D eigenvalue weighted by Crippen LogP contribution is 2.21. The summed E-state index contributed by atoms with van der Waals surface area (Å²) in [4.78, 5) is 18.8. The van der Waals surface area contributed by atoms with Gasteiger partial charge >= 0.3 is 0 Å². The molecule has 6 heteroatoms. The molecule has 144 valence electrons. The van der Waals surface area contributed by atoms with E-state index in [0.29, 0.717) is 18.6 Å². The molecule has 2 aliphatic heterocycles. The first kappa shape index (κ1) is 18.3. The van der Waals surface area contributed by atoms with E-state index in [1.54, 1.807) is 29.2 Å². The van der Waals surface area contributed by atoms with Crippen molar-refractivity contribution in [3.05, 3.63) is 47.0 Å². The third kappa shape index (κ3) is 4.82. The lowest BCUT2D eigenvalue weighted by Crippen LogP contribution is -2.41. The van der Waals surface area contributed by atoms with Gasteiger partial charge in [-0.2, -0.15) is 5.10 Å². The van der Waals surface area contributed by atoms with Crippen LogP contribution >= 0.6 is 0 Å². The fraction of sp³-hybridized carbons (Fsp3) is 0.571. The number of pyridine rings is 1. The Labute approximate surface area is 160 Å². The van der Waals surface area contributed by atoms with E-state index in [4.69, 9.17) is 4.74 Å². The van der Waals surface area contributed by atoms with Gasteiger partial charge in [0.15, 0.2) is 0 Å². The van der Waals surface area contributed by atoms with E-state index >= 15 is 0 Å². The van der Waals surface area contributed by atoms with Crippen molar-refractivity contribution in [2.45, 2.75) is 44.8 Å². The molecule has 2 aromatic heterocycles. The summed E-state index contributed by atoms with van der Waals surface area (Å²) in [5.74, 6) is 0.506. The number of aromatic nitrogens is 3. The molecule has 4 heterocycles. The Balaban J connectivity index is 1.34. The number of ether oxygens (including phenoxy) is 1. The van der Waals surface area contributed by atoms with Crippen LogP contribution in [0, 0.1) is 5.92 Å². The fourth-order valence-electron chi connectivity index (χ4n) is 4.09. The first-order valence-electron chi connectivity index (χ1n) is 10.1. The lowest BCUT2D eigenvalue weighted by atomic mass is 9.96.